The van der Waals surface area contributed by atoms with Gasteiger partial charge in [-0.15, -0.1) is 0 Å². The number of carbonyl (C=O) groups excluding carboxylic acids is 2. The number of aryl methyl sites for hydroxylation is 2. The number of nitrogens with zero attached hydrogens (tertiary/aromatic N) is 1. The Morgan fingerprint density at radius 2 is 1.89 bits per heavy atom. The molecule has 4 nitrogen and oxygen atoms in total. The number of hydrogen-bond donors (Lipinski definition) is 0. The Hall–Kier alpha value is -2.49. The first-order valence-corrected chi connectivity index (χ1v) is 5.82. The zero-order valence-corrected chi connectivity index (χ0v) is 10.7. The van der Waals surface area contributed by atoms with Crippen LogP contribution in [0.5, 0.6) is 5.75 Å². The van der Waals surface area contributed by atoms with Gasteiger partial charge in [0.15, 0.2) is 12.0 Å². The summed E-state index contributed by atoms with van der Waals surface area (Å²) >= 11 is 0. The van der Waals surface area contributed by atoms with E-state index in [1.54, 1.807) is 25.1 Å². The van der Waals surface area contributed by atoms with Crippen molar-refractivity contribution in [3.05, 3.63) is 58.9 Å². The fourth-order valence-corrected chi connectivity index (χ4v) is 1.73. The number of benzene rings is 1. The molecule has 0 fully saturated rings. The third-order valence-electron chi connectivity index (χ3n) is 2.80. The van der Waals surface area contributed by atoms with E-state index in [2.05, 4.69) is 4.98 Å². The molecule has 0 saturated carbocycles. The highest BCUT2D eigenvalue weighted by Crippen LogP contribution is 2.21. The van der Waals surface area contributed by atoms with E-state index >= 15 is 0 Å². The molecular weight excluding hydrogens is 242 g/mol. The number of rotatable bonds is 3. The molecule has 0 unspecified atom stereocenters. The molecule has 0 saturated heterocycles. The van der Waals surface area contributed by atoms with E-state index in [1.165, 1.54) is 6.20 Å². The molecule has 1 aromatic heterocycles. The molecule has 0 bridgehead atoms. The average Bonchev–Trinajstić information content (AvgIpc) is 2.41. The van der Waals surface area contributed by atoms with Crippen molar-refractivity contribution in [3.8, 4) is 5.75 Å². The lowest BCUT2D eigenvalue weighted by atomic mass is 10.1. The Morgan fingerprint density at radius 1 is 1.16 bits per heavy atom. The van der Waals surface area contributed by atoms with Crippen molar-refractivity contribution in [1.29, 1.82) is 0 Å². The summed E-state index contributed by atoms with van der Waals surface area (Å²) in [5.41, 5.74) is 2.12. The summed E-state index contributed by atoms with van der Waals surface area (Å²) in [6.07, 6.45) is 2.08. The van der Waals surface area contributed by atoms with Crippen LogP contribution < -0.4 is 4.74 Å². The highest BCUT2D eigenvalue weighted by molar-refractivity contribution is 5.93. The van der Waals surface area contributed by atoms with E-state index in [4.69, 9.17) is 4.74 Å². The largest absolute Gasteiger partial charge is 0.420 e. The van der Waals surface area contributed by atoms with Gasteiger partial charge in [-0.1, -0.05) is 18.2 Å². The lowest BCUT2D eigenvalue weighted by Gasteiger charge is -2.09. The second-order valence-electron chi connectivity index (χ2n) is 4.16. The standard InChI is InChI=1S/C15H13NO3/c1-10-5-3-4-6-12(10)15(18)19-14-11(2)7-8-16-13(14)9-17/h3-9H,1-2H3. The number of esters is 1. The molecule has 1 heterocycles. The Labute approximate surface area is 111 Å². The second-order valence-corrected chi connectivity index (χ2v) is 4.16. The SMILES string of the molecule is Cc1ccccc1C(=O)Oc1c(C)ccnc1C=O. The van der Waals surface area contributed by atoms with Gasteiger partial charge in [-0.05, 0) is 37.1 Å². The van der Waals surface area contributed by atoms with Crippen LogP contribution in [-0.2, 0) is 0 Å². The van der Waals surface area contributed by atoms with E-state index in [0.717, 1.165) is 5.56 Å². The van der Waals surface area contributed by atoms with Crippen LogP contribution in [0.25, 0.3) is 0 Å². The number of aldehydes is 1. The van der Waals surface area contributed by atoms with Crippen molar-refractivity contribution >= 4 is 12.3 Å². The monoisotopic (exact) mass is 255 g/mol. The average molecular weight is 255 g/mol. The quantitative estimate of drug-likeness (QED) is 0.625. The maximum atomic E-state index is 12.1. The molecule has 4 heteroatoms. The first-order valence-electron chi connectivity index (χ1n) is 5.82. The predicted octanol–water partition coefficient (Wildman–Crippen LogP) is 2.73. The number of hydrogen-bond acceptors (Lipinski definition) is 4. The van der Waals surface area contributed by atoms with Crippen LogP contribution in [0.15, 0.2) is 36.5 Å². The molecule has 0 aliphatic rings. The van der Waals surface area contributed by atoms with Crippen LogP contribution in [-0.4, -0.2) is 17.2 Å². The van der Waals surface area contributed by atoms with Gasteiger partial charge in [0.05, 0.1) is 5.56 Å². The lowest BCUT2D eigenvalue weighted by Crippen LogP contribution is -2.12. The fraction of sp³-hybridized carbons (Fsp3) is 0.133. The lowest BCUT2D eigenvalue weighted by molar-refractivity contribution is 0.0730. The van der Waals surface area contributed by atoms with Gasteiger partial charge in [0, 0.05) is 6.20 Å². The van der Waals surface area contributed by atoms with Crippen molar-refractivity contribution in [3.63, 3.8) is 0 Å². The molecule has 0 aliphatic carbocycles. The maximum Gasteiger partial charge on any atom is 0.343 e. The van der Waals surface area contributed by atoms with Gasteiger partial charge in [0.1, 0.15) is 5.69 Å². The minimum Gasteiger partial charge on any atom is -0.420 e. The van der Waals surface area contributed by atoms with Gasteiger partial charge in [-0.3, -0.25) is 4.79 Å². The van der Waals surface area contributed by atoms with Crippen LogP contribution in [0, 0.1) is 13.8 Å². The van der Waals surface area contributed by atoms with Gasteiger partial charge in [0.2, 0.25) is 0 Å². The molecule has 19 heavy (non-hydrogen) atoms. The number of carbonyl (C=O) groups is 2. The Morgan fingerprint density at radius 3 is 2.58 bits per heavy atom. The summed E-state index contributed by atoms with van der Waals surface area (Å²) in [6, 6.07) is 8.81. The van der Waals surface area contributed by atoms with E-state index < -0.39 is 5.97 Å². The number of ether oxygens (including phenoxy) is 1. The van der Waals surface area contributed by atoms with Crippen LogP contribution in [0.4, 0.5) is 0 Å². The molecule has 0 amide bonds. The first kappa shape index (κ1) is 13.0. The minimum absolute atomic E-state index is 0.127. The van der Waals surface area contributed by atoms with Crippen molar-refractivity contribution in [1.82, 2.24) is 4.98 Å². The molecule has 0 N–H and O–H groups in total. The minimum atomic E-state index is -0.489. The Kier molecular flexibility index (Phi) is 3.71. The molecule has 0 aliphatic heterocycles. The van der Waals surface area contributed by atoms with Gasteiger partial charge < -0.3 is 4.74 Å². The van der Waals surface area contributed by atoms with E-state index in [-0.39, 0.29) is 11.4 Å². The Bertz CT molecular complexity index is 635. The second kappa shape index (κ2) is 5.44. The summed E-state index contributed by atoms with van der Waals surface area (Å²) in [5.74, 6) is -0.275. The van der Waals surface area contributed by atoms with Crippen LogP contribution in [0.2, 0.25) is 0 Å². The molecule has 0 spiro atoms. The fourth-order valence-electron chi connectivity index (χ4n) is 1.73. The summed E-state index contributed by atoms with van der Waals surface area (Å²) in [5, 5.41) is 0. The number of aromatic nitrogens is 1. The smallest absolute Gasteiger partial charge is 0.343 e. The first-order chi connectivity index (χ1) is 9.13. The summed E-state index contributed by atoms with van der Waals surface area (Å²) in [7, 11) is 0. The molecule has 2 aromatic rings. The summed E-state index contributed by atoms with van der Waals surface area (Å²) in [4.78, 5) is 26.9. The maximum absolute atomic E-state index is 12.1. The van der Waals surface area contributed by atoms with Crippen LogP contribution in [0.3, 0.4) is 0 Å². The highest BCUT2D eigenvalue weighted by Gasteiger charge is 2.15. The van der Waals surface area contributed by atoms with Gasteiger partial charge in [-0.25, -0.2) is 9.78 Å². The topological polar surface area (TPSA) is 56.3 Å². The van der Waals surface area contributed by atoms with Crippen molar-refractivity contribution in [2.24, 2.45) is 0 Å². The Balaban J connectivity index is 2.35. The van der Waals surface area contributed by atoms with Gasteiger partial charge >= 0.3 is 5.97 Å². The van der Waals surface area contributed by atoms with Crippen molar-refractivity contribution < 1.29 is 14.3 Å². The molecule has 96 valence electrons. The van der Waals surface area contributed by atoms with Gasteiger partial charge in [-0.2, -0.15) is 0 Å². The van der Waals surface area contributed by atoms with Crippen LogP contribution >= 0.6 is 0 Å². The van der Waals surface area contributed by atoms with Crippen molar-refractivity contribution in [2.75, 3.05) is 0 Å². The summed E-state index contributed by atoms with van der Waals surface area (Å²) < 4.78 is 5.30. The molecule has 2 rings (SSSR count). The number of pyridine rings is 1. The molecular formula is C15H13NO3. The zero-order chi connectivity index (χ0) is 13.8. The normalized spacial score (nSPS) is 10.0. The third-order valence-corrected chi connectivity index (χ3v) is 2.80. The summed E-state index contributed by atoms with van der Waals surface area (Å²) in [6.45, 7) is 3.59. The highest BCUT2D eigenvalue weighted by atomic mass is 16.5. The molecule has 0 radical (unpaired) electrons. The van der Waals surface area contributed by atoms with E-state index in [9.17, 15) is 9.59 Å². The third kappa shape index (κ3) is 2.68. The predicted molar refractivity (Wildman–Crippen MR) is 70.5 cm³/mol. The molecule has 0 atom stereocenters. The van der Waals surface area contributed by atoms with E-state index in [1.807, 2.05) is 19.1 Å². The van der Waals surface area contributed by atoms with Gasteiger partial charge in [0.25, 0.3) is 0 Å². The van der Waals surface area contributed by atoms with E-state index in [0.29, 0.717) is 17.4 Å². The van der Waals surface area contributed by atoms with Crippen LogP contribution in [0.1, 0.15) is 32.0 Å². The zero-order valence-electron chi connectivity index (χ0n) is 10.7. The van der Waals surface area contributed by atoms with Crippen molar-refractivity contribution in [2.45, 2.75) is 13.8 Å². The molecule has 1 aromatic carbocycles.